The average Bonchev–Trinajstić information content (AvgIpc) is 2.97. The quantitative estimate of drug-likeness (QED) is 0.459. The van der Waals surface area contributed by atoms with Crippen molar-refractivity contribution in [2.24, 2.45) is 0 Å². The number of anilines is 1. The highest BCUT2D eigenvalue weighted by Crippen LogP contribution is 2.30. The highest BCUT2D eigenvalue weighted by Gasteiger charge is 2.15. The Morgan fingerprint density at radius 3 is 3.00 bits per heavy atom. The summed E-state index contributed by atoms with van der Waals surface area (Å²) in [6.07, 6.45) is 4.57. The van der Waals surface area contributed by atoms with Crippen LogP contribution >= 0.6 is 0 Å². The molecule has 1 heterocycles. The molecule has 0 bridgehead atoms. The van der Waals surface area contributed by atoms with Crippen LogP contribution in [-0.4, -0.2) is 27.9 Å². The molecule has 21 heavy (non-hydrogen) atoms. The van der Waals surface area contributed by atoms with Crippen molar-refractivity contribution >= 4 is 11.4 Å². The lowest BCUT2D eigenvalue weighted by Gasteiger charge is -2.09. The molecule has 1 aromatic heterocycles. The van der Waals surface area contributed by atoms with Gasteiger partial charge in [-0.25, -0.2) is 0 Å². The Morgan fingerprint density at radius 2 is 2.33 bits per heavy atom. The molecule has 2 aromatic rings. The molecule has 0 aliphatic rings. The second-order valence-corrected chi connectivity index (χ2v) is 4.42. The van der Waals surface area contributed by atoms with E-state index in [4.69, 9.17) is 4.74 Å². The van der Waals surface area contributed by atoms with E-state index in [1.54, 1.807) is 25.3 Å². The van der Waals surface area contributed by atoms with Crippen LogP contribution in [0.2, 0.25) is 0 Å². The summed E-state index contributed by atoms with van der Waals surface area (Å²) in [5, 5.41) is 18.2. The number of hydrogen-bond donors (Lipinski definition) is 1. The fourth-order valence-corrected chi connectivity index (χ4v) is 1.95. The van der Waals surface area contributed by atoms with Crippen molar-refractivity contribution in [1.29, 1.82) is 0 Å². The Balaban J connectivity index is 1.90. The van der Waals surface area contributed by atoms with Gasteiger partial charge in [0.15, 0.2) is 5.75 Å². The normalized spacial score (nSPS) is 10.3. The van der Waals surface area contributed by atoms with Gasteiger partial charge in [-0.3, -0.25) is 14.8 Å². The topological polar surface area (TPSA) is 82.2 Å². The Morgan fingerprint density at radius 1 is 1.48 bits per heavy atom. The number of rotatable bonds is 8. The lowest BCUT2D eigenvalue weighted by molar-refractivity contribution is -0.385. The van der Waals surface area contributed by atoms with E-state index in [9.17, 15) is 10.1 Å². The predicted octanol–water partition coefficient (Wildman–Crippen LogP) is 2.69. The molecule has 0 radical (unpaired) electrons. The minimum Gasteiger partial charge on any atom is -0.487 e. The van der Waals surface area contributed by atoms with Gasteiger partial charge in [-0.2, -0.15) is 5.10 Å². The summed E-state index contributed by atoms with van der Waals surface area (Å²) in [4.78, 5) is 10.5. The van der Waals surface area contributed by atoms with Crippen LogP contribution in [0, 0.1) is 10.1 Å². The maximum Gasteiger partial charge on any atom is 0.311 e. The van der Waals surface area contributed by atoms with E-state index < -0.39 is 4.92 Å². The monoisotopic (exact) mass is 290 g/mol. The molecule has 7 nitrogen and oxygen atoms in total. The number of nitro groups is 1. The summed E-state index contributed by atoms with van der Waals surface area (Å²) in [6.45, 7) is 3.77. The molecule has 0 aliphatic carbocycles. The predicted molar refractivity (Wildman–Crippen MR) is 79.6 cm³/mol. The van der Waals surface area contributed by atoms with E-state index in [1.165, 1.54) is 6.07 Å². The molecular formula is C14H18N4O3. The first-order valence-corrected chi connectivity index (χ1v) is 6.83. The molecular weight excluding hydrogens is 272 g/mol. The lowest BCUT2D eigenvalue weighted by Crippen LogP contribution is -2.07. The van der Waals surface area contributed by atoms with Crippen molar-refractivity contribution in [3.05, 3.63) is 46.8 Å². The van der Waals surface area contributed by atoms with Gasteiger partial charge in [-0.05, 0) is 25.5 Å². The molecule has 7 heteroatoms. The third-order valence-corrected chi connectivity index (χ3v) is 2.91. The van der Waals surface area contributed by atoms with Gasteiger partial charge in [0.1, 0.15) is 0 Å². The molecule has 0 amide bonds. The Bertz CT molecular complexity index is 584. The maximum atomic E-state index is 10.9. The van der Waals surface area contributed by atoms with Crippen molar-refractivity contribution in [3.63, 3.8) is 0 Å². The Kier molecular flexibility index (Phi) is 5.14. The van der Waals surface area contributed by atoms with E-state index >= 15 is 0 Å². The molecule has 0 saturated heterocycles. The molecule has 0 fully saturated rings. The van der Waals surface area contributed by atoms with Gasteiger partial charge in [0.25, 0.3) is 0 Å². The zero-order valence-corrected chi connectivity index (χ0v) is 11.9. The number of ether oxygens (including phenoxy) is 1. The van der Waals surface area contributed by atoms with Gasteiger partial charge in [0.2, 0.25) is 0 Å². The lowest BCUT2D eigenvalue weighted by atomic mass is 10.2. The molecule has 1 N–H and O–H groups in total. The van der Waals surface area contributed by atoms with Crippen LogP contribution < -0.4 is 10.1 Å². The van der Waals surface area contributed by atoms with Gasteiger partial charge in [0, 0.05) is 43.3 Å². The van der Waals surface area contributed by atoms with Crippen LogP contribution in [0.4, 0.5) is 11.4 Å². The van der Waals surface area contributed by atoms with E-state index in [-0.39, 0.29) is 5.69 Å². The fraction of sp³-hybridized carbons (Fsp3) is 0.357. The minimum atomic E-state index is -0.438. The van der Waals surface area contributed by atoms with Gasteiger partial charge < -0.3 is 10.1 Å². The zero-order chi connectivity index (χ0) is 15.1. The van der Waals surface area contributed by atoms with E-state index in [0.717, 1.165) is 25.2 Å². The molecule has 1 aromatic carbocycles. The second-order valence-electron chi connectivity index (χ2n) is 4.42. The number of hydrogen-bond acceptors (Lipinski definition) is 5. The van der Waals surface area contributed by atoms with Crippen molar-refractivity contribution in [1.82, 2.24) is 9.78 Å². The first-order valence-electron chi connectivity index (χ1n) is 6.83. The van der Waals surface area contributed by atoms with Gasteiger partial charge in [-0.15, -0.1) is 0 Å². The summed E-state index contributed by atoms with van der Waals surface area (Å²) in [6, 6.07) is 6.70. The molecule has 0 atom stereocenters. The van der Waals surface area contributed by atoms with Crippen LogP contribution in [0.15, 0.2) is 36.7 Å². The summed E-state index contributed by atoms with van der Waals surface area (Å²) in [7, 11) is 0. The van der Waals surface area contributed by atoms with E-state index in [2.05, 4.69) is 10.4 Å². The van der Waals surface area contributed by atoms with Crippen molar-refractivity contribution in [3.8, 4) is 5.75 Å². The number of nitrogens with one attached hydrogen (secondary N) is 1. The first-order chi connectivity index (χ1) is 10.2. The molecule has 112 valence electrons. The first kappa shape index (κ1) is 14.8. The van der Waals surface area contributed by atoms with Crippen LogP contribution in [-0.2, 0) is 6.54 Å². The second kappa shape index (κ2) is 7.28. The van der Waals surface area contributed by atoms with Crippen molar-refractivity contribution in [2.45, 2.75) is 19.9 Å². The molecule has 0 spiro atoms. The third kappa shape index (κ3) is 4.20. The maximum absolute atomic E-state index is 10.9. The Hall–Kier alpha value is -2.57. The molecule has 0 saturated carbocycles. The smallest absolute Gasteiger partial charge is 0.311 e. The number of nitrogens with zero attached hydrogens (tertiary/aromatic N) is 3. The molecule has 0 aliphatic heterocycles. The van der Waals surface area contributed by atoms with Gasteiger partial charge in [-0.1, -0.05) is 0 Å². The minimum absolute atomic E-state index is 0.0149. The van der Waals surface area contributed by atoms with Crippen molar-refractivity contribution in [2.75, 3.05) is 18.5 Å². The van der Waals surface area contributed by atoms with Crippen LogP contribution in [0.25, 0.3) is 0 Å². The van der Waals surface area contributed by atoms with E-state index in [1.807, 2.05) is 16.9 Å². The van der Waals surface area contributed by atoms with Gasteiger partial charge in [0.05, 0.1) is 11.5 Å². The Labute approximate surface area is 122 Å². The SMILES string of the molecule is CCOc1cc(NCCCn2cccn2)ccc1[N+](=O)[O-]. The molecule has 2 rings (SSSR count). The number of aryl methyl sites for hydroxylation is 1. The van der Waals surface area contributed by atoms with Crippen molar-refractivity contribution < 1.29 is 9.66 Å². The zero-order valence-electron chi connectivity index (χ0n) is 11.9. The average molecular weight is 290 g/mol. The summed E-state index contributed by atoms with van der Waals surface area (Å²) in [5.41, 5.74) is 0.795. The van der Waals surface area contributed by atoms with E-state index in [0.29, 0.717) is 12.4 Å². The van der Waals surface area contributed by atoms with Crippen LogP contribution in [0.5, 0.6) is 5.75 Å². The highest BCUT2D eigenvalue weighted by atomic mass is 16.6. The third-order valence-electron chi connectivity index (χ3n) is 2.91. The summed E-state index contributed by atoms with van der Waals surface area (Å²) in [5.74, 6) is 0.291. The standard InChI is InChI=1S/C14H18N4O3/c1-2-21-14-11-12(5-6-13(14)18(19)20)15-7-3-9-17-10-4-8-16-17/h4-6,8,10-11,15H,2-3,7,9H2,1H3. The number of nitro benzene ring substituents is 1. The van der Waals surface area contributed by atoms with Crippen LogP contribution in [0.3, 0.4) is 0 Å². The largest absolute Gasteiger partial charge is 0.487 e. The summed E-state index contributed by atoms with van der Waals surface area (Å²) >= 11 is 0. The number of benzene rings is 1. The number of aromatic nitrogens is 2. The highest BCUT2D eigenvalue weighted by molar-refractivity contribution is 5.57. The molecule has 0 unspecified atom stereocenters. The van der Waals surface area contributed by atoms with Gasteiger partial charge >= 0.3 is 5.69 Å². The van der Waals surface area contributed by atoms with Crippen LogP contribution in [0.1, 0.15) is 13.3 Å². The fourth-order valence-electron chi connectivity index (χ4n) is 1.95. The summed E-state index contributed by atoms with van der Waals surface area (Å²) < 4.78 is 7.17.